The van der Waals surface area contributed by atoms with E-state index in [4.69, 9.17) is 9.47 Å². The van der Waals surface area contributed by atoms with E-state index in [1.807, 2.05) is 19.9 Å². The Labute approximate surface area is 131 Å². The summed E-state index contributed by atoms with van der Waals surface area (Å²) in [5.74, 6) is 0.567. The van der Waals surface area contributed by atoms with Gasteiger partial charge in [0.2, 0.25) is 0 Å². The van der Waals surface area contributed by atoms with Gasteiger partial charge in [-0.15, -0.1) is 0 Å². The van der Waals surface area contributed by atoms with Crippen LogP contribution in [0.15, 0.2) is 24.3 Å². The number of ether oxygens (including phenoxy) is 2. The first-order valence-corrected chi connectivity index (χ1v) is 7.95. The number of carbonyl (C=O) groups excluding carboxylic acids is 1. The quantitative estimate of drug-likeness (QED) is 0.820. The van der Waals surface area contributed by atoms with E-state index in [0.717, 1.165) is 19.3 Å². The van der Waals surface area contributed by atoms with Gasteiger partial charge < -0.3 is 19.5 Å². The Morgan fingerprint density at radius 3 is 3.00 bits per heavy atom. The van der Waals surface area contributed by atoms with Crippen molar-refractivity contribution < 1.29 is 19.4 Å². The van der Waals surface area contributed by atoms with Crippen molar-refractivity contribution in [2.75, 3.05) is 19.8 Å². The van der Waals surface area contributed by atoms with E-state index in [0.29, 0.717) is 24.5 Å². The third kappa shape index (κ3) is 4.21. The van der Waals surface area contributed by atoms with Crippen molar-refractivity contribution in [1.82, 2.24) is 4.90 Å². The molecule has 122 valence electrons. The lowest BCUT2D eigenvalue weighted by atomic mass is 10.0. The maximum Gasteiger partial charge on any atom is 0.254 e. The molecule has 1 heterocycles. The molecule has 0 radical (unpaired) electrons. The molecule has 2 atom stereocenters. The number of piperidine rings is 1. The Balaban J connectivity index is 2.09. The highest BCUT2D eigenvalue weighted by Gasteiger charge is 2.27. The maximum absolute atomic E-state index is 12.7. The number of benzene rings is 1. The summed E-state index contributed by atoms with van der Waals surface area (Å²) in [5.41, 5.74) is 0.585. The molecule has 22 heavy (non-hydrogen) atoms. The molecule has 0 aliphatic carbocycles. The number of aliphatic hydroxyl groups excluding tert-OH is 1. The topological polar surface area (TPSA) is 59.0 Å². The Morgan fingerprint density at radius 2 is 2.27 bits per heavy atom. The van der Waals surface area contributed by atoms with E-state index >= 15 is 0 Å². The number of hydrogen-bond donors (Lipinski definition) is 1. The van der Waals surface area contributed by atoms with Gasteiger partial charge in [-0.1, -0.05) is 6.07 Å². The van der Waals surface area contributed by atoms with Crippen molar-refractivity contribution in [2.45, 2.75) is 45.4 Å². The number of rotatable bonds is 6. The van der Waals surface area contributed by atoms with Crippen LogP contribution >= 0.6 is 0 Å². The van der Waals surface area contributed by atoms with Crippen LogP contribution in [0.3, 0.4) is 0 Å². The second-order valence-electron chi connectivity index (χ2n) is 5.50. The van der Waals surface area contributed by atoms with Crippen molar-refractivity contribution >= 4 is 5.91 Å². The smallest absolute Gasteiger partial charge is 0.254 e. The Hall–Kier alpha value is -1.59. The molecule has 1 aliphatic rings. The van der Waals surface area contributed by atoms with Crippen molar-refractivity contribution in [3.63, 3.8) is 0 Å². The summed E-state index contributed by atoms with van der Waals surface area (Å²) in [5, 5.41) is 9.45. The number of likely N-dealkylation sites (tertiary alicyclic amines) is 1. The Bertz CT molecular complexity index is 491. The van der Waals surface area contributed by atoms with Crippen molar-refractivity contribution in [1.29, 1.82) is 0 Å². The van der Waals surface area contributed by atoms with Gasteiger partial charge in [-0.3, -0.25) is 4.79 Å². The Morgan fingerprint density at radius 1 is 1.45 bits per heavy atom. The summed E-state index contributed by atoms with van der Waals surface area (Å²) in [6.07, 6.45) is 2.56. The molecule has 2 rings (SSSR count). The van der Waals surface area contributed by atoms with Crippen LogP contribution in [0, 0.1) is 0 Å². The number of amides is 1. The monoisotopic (exact) mass is 307 g/mol. The van der Waals surface area contributed by atoms with E-state index in [-0.39, 0.29) is 24.8 Å². The van der Waals surface area contributed by atoms with Crippen LogP contribution in [-0.4, -0.2) is 48.0 Å². The molecule has 1 aromatic carbocycles. The third-order valence-corrected chi connectivity index (χ3v) is 3.88. The second kappa shape index (κ2) is 8.15. The van der Waals surface area contributed by atoms with Crippen LogP contribution in [-0.2, 0) is 4.74 Å². The zero-order chi connectivity index (χ0) is 15.9. The molecule has 0 saturated carbocycles. The molecular formula is C17H25NO4. The largest absolute Gasteiger partial charge is 0.465 e. The summed E-state index contributed by atoms with van der Waals surface area (Å²) in [6.45, 7) is 5.02. The summed E-state index contributed by atoms with van der Waals surface area (Å²) >= 11 is 0. The van der Waals surface area contributed by atoms with Gasteiger partial charge in [-0.25, -0.2) is 0 Å². The number of aliphatic hydroxyl groups is 1. The molecule has 1 aliphatic heterocycles. The summed E-state index contributed by atoms with van der Waals surface area (Å²) in [4.78, 5) is 14.4. The average molecular weight is 307 g/mol. The van der Waals surface area contributed by atoms with Crippen molar-refractivity contribution in [3.8, 4) is 5.75 Å². The van der Waals surface area contributed by atoms with E-state index < -0.39 is 0 Å². The van der Waals surface area contributed by atoms with Gasteiger partial charge in [0.05, 0.1) is 12.6 Å². The minimum absolute atomic E-state index is 0.0172. The molecule has 1 N–H and O–H groups in total. The first-order valence-electron chi connectivity index (χ1n) is 7.95. The average Bonchev–Trinajstić information content (AvgIpc) is 2.54. The SMILES string of the molecule is CCOC(C)Oc1cccc(C(=O)N2CCCCC2CO)c1. The number of nitrogens with zero attached hydrogens (tertiary/aromatic N) is 1. The fraction of sp³-hybridized carbons (Fsp3) is 0.588. The van der Waals surface area contributed by atoms with Crippen molar-refractivity contribution in [3.05, 3.63) is 29.8 Å². The van der Waals surface area contributed by atoms with Crippen LogP contribution in [0.1, 0.15) is 43.5 Å². The van der Waals surface area contributed by atoms with Crippen LogP contribution in [0.4, 0.5) is 0 Å². The molecule has 1 saturated heterocycles. The molecule has 2 unspecified atom stereocenters. The zero-order valence-electron chi connectivity index (χ0n) is 13.3. The highest BCUT2D eigenvalue weighted by molar-refractivity contribution is 5.94. The van der Waals surface area contributed by atoms with Gasteiger partial charge in [0, 0.05) is 18.7 Å². The summed E-state index contributed by atoms with van der Waals surface area (Å²) in [6, 6.07) is 7.06. The Kier molecular flexibility index (Phi) is 6.21. The lowest BCUT2D eigenvalue weighted by molar-refractivity contribution is -0.0613. The normalized spacial score (nSPS) is 19.8. The predicted molar refractivity (Wildman–Crippen MR) is 83.9 cm³/mol. The molecule has 1 aromatic rings. The van der Waals surface area contributed by atoms with E-state index in [2.05, 4.69) is 0 Å². The van der Waals surface area contributed by atoms with Gasteiger partial charge >= 0.3 is 0 Å². The van der Waals surface area contributed by atoms with Gasteiger partial charge in [0.15, 0.2) is 6.29 Å². The van der Waals surface area contributed by atoms with Crippen LogP contribution < -0.4 is 4.74 Å². The third-order valence-electron chi connectivity index (χ3n) is 3.88. The maximum atomic E-state index is 12.7. The molecule has 5 nitrogen and oxygen atoms in total. The van der Waals surface area contributed by atoms with Gasteiger partial charge in [-0.2, -0.15) is 0 Å². The van der Waals surface area contributed by atoms with Crippen LogP contribution in [0.25, 0.3) is 0 Å². The molecule has 0 aromatic heterocycles. The fourth-order valence-corrected chi connectivity index (χ4v) is 2.79. The van der Waals surface area contributed by atoms with Crippen molar-refractivity contribution in [2.24, 2.45) is 0 Å². The molecule has 0 bridgehead atoms. The second-order valence-corrected chi connectivity index (χ2v) is 5.50. The van der Waals surface area contributed by atoms with E-state index in [1.54, 1.807) is 23.1 Å². The highest BCUT2D eigenvalue weighted by atomic mass is 16.7. The van der Waals surface area contributed by atoms with E-state index in [9.17, 15) is 9.90 Å². The predicted octanol–water partition coefficient (Wildman–Crippen LogP) is 2.43. The first kappa shape index (κ1) is 16.8. The lowest BCUT2D eigenvalue weighted by Crippen LogP contribution is -2.45. The number of carbonyl (C=O) groups is 1. The lowest BCUT2D eigenvalue weighted by Gasteiger charge is -2.34. The summed E-state index contributed by atoms with van der Waals surface area (Å²) < 4.78 is 11.0. The fourth-order valence-electron chi connectivity index (χ4n) is 2.79. The summed E-state index contributed by atoms with van der Waals surface area (Å²) in [7, 11) is 0. The van der Waals surface area contributed by atoms with Gasteiger partial charge in [-0.05, 0) is 51.3 Å². The molecular weight excluding hydrogens is 282 g/mol. The van der Waals surface area contributed by atoms with Gasteiger partial charge in [0.1, 0.15) is 5.75 Å². The first-order chi connectivity index (χ1) is 10.7. The number of hydrogen-bond acceptors (Lipinski definition) is 4. The molecule has 5 heteroatoms. The van der Waals surface area contributed by atoms with Crippen LogP contribution in [0.5, 0.6) is 5.75 Å². The van der Waals surface area contributed by atoms with Gasteiger partial charge in [0.25, 0.3) is 5.91 Å². The highest BCUT2D eigenvalue weighted by Crippen LogP contribution is 2.22. The molecule has 0 spiro atoms. The standard InChI is InChI=1S/C17H25NO4/c1-3-21-13(2)22-16-9-6-7-14(11-16)17(20)18-10-5-4-8-15(18)12-19/h6-7,9,11,13,15,19H,3-5,8,10,12H2,1-2H3. The van der Waals surface area contributed by atoms with Crippen LogP contribution in [0.2, 0.25) is 0 Å². The molecule has 1 amide bonds. The minimum Gasteiger partial charge on any atom is -0.465 e. The van der Waals surface area contributed by atoms with E-state index in [1.165, 1.54) is 0 Å². The minimum atomic E-state index is -0.351. The zero-order valence-corrected chi connectivity index (χ0v) is 13.3. The molecule has 1 fully saturated rings.